The number of nitrogens with zero attached hydrogens (tertiary/aromatic N) is 1. The van der Waals surface area contributed by atoms with Gasteiger partial charge in [-0.1, -0.05) is 41.0 Å². The molecule has 7 nitrogen and oxygen atoms in total. The van der Waals surface area contributed by atoms with Crippen LogP contribution < -0.4 is 0 Å². The molecule has 1 unspecified atom stereocenters. The lowest BCUT2D eigenvalue weighted by molar-refractivity contribution is -0.155. The van der Waals surface area contributed by atoms with Crippen LogP contribution in [0.25, 0.3) is 6.08 Å². The van der Waals surface area contributed by atoms with Gasteiger partial charge in [0.1, 0.15) is 11.9 Å². The van der Waals surface area contributed by atoms with Crippen LogP contribution in [-0.4, -0.2) is 56.5 Å². The average molecular weight is 510 g/mol. The third-order valence-corrected chi connectivity index (χ3v) is 8.35. The number of aliphatic hydroxyl groups excluding tert-OH is 3. The summed E-state index contributed by atoms with van der Waals surface area (Å²) < 4.78 is 5.76. The molecule has 0 saturated carbocycles. The lowest BCUT2D eigenvalue weighted by atomic mass is 9.73. The lowest BCUT2D eigenvalue weighted by Gasteiger charge is -2.35. The van der Waals surface area contributed by atoms with Gasteiger partial charge in [0.25, 0.3) is 0 Å². The highest BCUT2D eigenvalue weighted by Crippen LogP contribution is 2.33. The third-order valence-electron chi connectivity index (χ3n) is 7.56. The van der Waals surface area contributed by atoms with Crippen molar-refractivity contribution in [2.24, 2.45) is 23.2 Å². The number of carbonyl (C=O) groups is 2. The largest absolute Gasteiger partial charge is 0.458 e. The Morgan fingerprint density at radius 1 is 1.14 bits per heavy atom. The van der Waals surface area contributed by atoms with E-state index in [-0.39, 0.29) is 30.5 Å². The van der Waals surface area contributed by atoms with Crippen molar-refractivity contribution in [1.82, 2.24) is 4.98 Å². The number of aromatic nitrogens is 1. The van der Waals surface area contributed by atoms with Gasteiger partial charge in [0.15, 0.2) is 0 Å². The molecule has 0 spiro atoms. The Bertz CT molecular complexity index is 894. The zero-order valence-electron chi connectivity index (χ0n) is 22.2. The van der Waals surface area contributed by atoms with E-state index in [0.717, 1.165) is 35.5 Å². The highest BCUT2D eigenvalue weighted by Gasteiger charge is 2.42. The number of esters is 1. The average Bonchev–Trinajstić information content (AvgIpc) is 3.20. The number of aryl methyl sites for hydroxylation is 1. The quantitative estimate of drug-likeness (QED) is 0.508. The first-order valence-corrected chi connectivity index (χ1v) is 13.5. The molecule has 0 aliphatic carbocycles. The Hall–Kier alpha value is -1.61. The van der Waals surface area contributed by atoms with Crippen LogP contribution in [0.1, 0.15) is 84.3 Å². The number of Topliss-reactive ketones (excluding diaryl/α,β-unsaturated/α-hetero) is 1. The van der Waals surface area contributed by atoms with Crippen LogP contribution in [0.15, 0.2) is 11.0 Å². The van der Waals surface area contributed by atoms with E-state index in [4.69, 9.17) is 4.74 Å². The van der Waals surface area contributed by atoms with Gasteiger partial charge in [-0.05, 0) is 50.2 Å². The molecule has 7 atom stereocenters. The number of aliphatic hydroxyl groups is 3. The zero-order chi connectivity index (χ0) is 26.5. The molecule has 1 aromatic heterocycles. The van der Waals surface area contributed by atoms with Crippen molar-refractivity contribution in [2.45, 2.75) is 105 Å². The van der Waals surface area contributed by atoms with Crippen LogP contribution in [0, 0.1) is 30.1 Å². The third kappa shape index (κ3) is 7.94. The number of thiazole rings is 1. The van der Waals surface area contributed by atoms with Crippen molar-refractivity contribution in [2.75, 3.05) is 0 Å². The van der Waals surface area contributed by atoms with Crippen LogP contribution in [0.2, 0.25) is 0 Å². The van der Waals surface area contributed by atoms with Crippen molar-refractivity contribution in [3.05, 3.63) is 21.7 Å². The van der Waals surface area contributed by atoms with Gasteiger partial charge in [0.05, 0.1) is 40.8 Å². The maximum atomic E-state index is 13.2. The fourth-order valence-electron chi connectivity index (χ4n) is 4.69. The SMILES string of the molecule is C/C(=C\c1csc(C)n1)[C@@H]1CC(O)[C@@H](C)CCC[C@H](C)[C@H](O)[C@@H](C)C(=O)C(C)(C)[C@@H](O)CC(=O)O1. The zero-order valence-corrected chi connectivity index (χ0v) is 23.0. The van der Waals surface area contributed by atoms with Crippen LogP contribution in [0.4, 0.5) is 0 Å². The van der Waals surface area contributed by atoms with Crippen molar-refractivity contribution in [3.8, 4) is 0 Å². The monoisotopic (exact) mass is 509 g/mol. The van der Waals surface area contributed by atoms with Gasteiger partial charge in [-0.15, -0.1) is 11.3 Å². The summed E-state index contributed by atoms with van der Waals surface area (Å²) in [4.78, 5) is 30.5. The summed E-state index contributed by atoms with van der Waals surface area (Å²) in [6, 6.07) is 0. The topological polar surface area (TPSA) is 117 Å². The standard InChI is InChI=1S/C27H43NO6S/c1-15-9-8-10-16(2)25(32)18(4)26(33)27(6,7)23(30)13-24(31)34-22(12-21(15)29)17(3)11-20-14-35-19(5)28-20/h11,14-16,18,21-23,25,29-30,32H,8-10,12-13H2,1-7H3/b17-11+/t15-,16-,18+,21?,22-,23-,25-/m0/s1. The normalized spacial score (nSPS) is 34.5. The molecule has 1 aliphatic heterocycles. The molecule has 1 aliphatic rings. The number of ketones is 1. The number of rotatable bonds is 2. The van der Waals surface area contributed by atoms with Gasteiger partial charge in [-0.25, -0.2) is 4.98 Å². The maximum Gasteiger partial charge on any atom is 0.309 e. The molecule has 0 amide bonds. The second kappa shape index (κ2) is 12.6. The van der Waals surface area contributed by atoms with E-state index in [0.29, 0.717) is 0 Å². The summed E-state index contributed by atoms with van der Waals surface area (Å²) in [5, 5.41) is 35.4. The summed E-state index contributed by atoms with van der Waals surface area (Å²) in [6.45, 7) is 12.5. The number of carbonyl (C=O) groups excluding carboxylic acids is 2. The molecule has 0 radical (unpaired) electrons. The molecule has 2 heterocycles. The molecule has 0 aromatic carbocycles. The smallest absolute Gasteiger partial charge is 0.309 e. The molecule has 0 bridgehead atoms. The summed E-state index contributed by atoms with van der Waals surface area (Å²) in [6.07, 6.45) is 0.500. The van der Waals surface area contributed by atoms with Crippen LogP contribution in [0.3, 0.4) is 0 Å². The second-order valence-corrected chi connectivity index (χ2v) is 12.0. The van der Waals surface area contributed by atoms with E-state index in [9.17, 15) is 24.9 Å². The first kappa shape index (κ1) is 29.6. The minimum absolute atomic E-state index is 0.0358. The van der Waals surface area contributed by atoms with Crippen LogP contribution in [-0.2, 0) is 14.3 Å². The number of hydrogen-bond acceptors (Lipinski definition) is 8. The second-order valence-electron chi connectivity index (χ2n) is 10.9. The molecule has 1 saturated heterocycles. The molecule has 1 fully saturated rings. The highest BCUT2D eigenvalue weighted by molar-refractivity contribution is 7.09. The van der Waals surface area contributed by atoms with Crippen molar-refractivity contribution in [1.29, 1.82) is 0 Å². The highest BCUT2D eigenvalue weighted by atomic mass is 32.1. The number of ether oxygens (including phenoxy) is 1. The summed E-state index contributed by atoms with van der Waals surface area (Å²) >= 11 is 1.53. The Balaban J connectivity index is 2.33. The lowest BCUT2D eigenvalue weighted by Crippen LogP contribution is -2.45. The van der Waals surface area contributed by atoms with Crippen LogP contribution >= 0.6 is 11.3 Å². The van der Waals surface area contributed by atoms with E-state index in [1.54, 1.807) is 20.8 Å². The molecule has 2 rings (SSSR count). The molecule has 1 aromatic rings. The number of hydrogen-bond donors (Lipinski definition) is 3. The number of cyclic esters (lactones) is 1. The molecule has 8 heteroatoms. The van der Waals surface area contributed by atoms with Gasteiger partial charge in [-0.2, -0.15) is 0 Å². The Morgan fingerprint density at radius 2 is 1.77 bits per heavy atom. The van der Waals surface area contributed by atoms with E-state index in [1.807, 2.05) is 39.2 Å². The minimum Gasteiger partial charge on any atom is -0.458 e. The molecule has 35 heavy (non-hydrogen) atoms. The fraction of sp³-hybridized carbons (Fsp3) is 0.741. The van der Waals surface area contributed by atoms with Crippen molar-refractivity contribution >= 4 is 29.2 Å². The summed E-state index contributed by atoms with van der Waals surface area (Å²) in [7, 11) is 0. The molecular formula is C27H43NO6S. The van der Waals surface area contributed by atoms with Gasteiger partial charge in [0, 0.05) is 17.7 Å². The minimum atomic E-state index is -1.27. The van der Waals surface area contributed by atoms with E-state index in [2.05, 4.69) is 4.98 Å². The van der Waals surface area contributed by atoms with Gasteiger partial charge < -0.3 is 20.1 Å². The van der Waals surface area contributed by atoms with E-state index >= 15 is 0 Å². The summed E-state index contributed by atoms with van der Waals surface area (Å²) in [5.74, 6) is -1.74. The molecule has 198 valence electrons. The van der Waals surface area contributed by atoms with E-state index < -0.39 is 41.7 Å². The van der Waals surface area contributed by atoms with Gasteiger partial charge in [0.2, 0.25) is 0 Å². The Labute approximate surface area is 213 Å². The first-order valence-electron chi connectivity index (χ1n) is 12.6. The maximum absolute atomic E-state index is 13.2. The van der Waals surface area contributed by atoms with Gasteiger partial charge >= 0.3 is 5.97 Å². The first-order chi connectivity index (χ1) is 16.2. The Kier molecular flexibility index (Phi) is 10.6. The van der Waals surface area contributed by atoms with Gasteiger partial charge in [-0.3, -0.25) is 9.59 Å². The molecule has 3 N–H and O–H groups in total. The van der Waals surface area contributed by atoms with Crippen molar-refractivity contribution < 1.29 is 29.6 Å². The molecular weight excluding hydrogens is 466 g/mol. The van der Waals surface area contributed by atoms with Crippen molar-refractivity contribution in [3.63, 3.8) is 0 Å². The van der Waals surface area contributed by atoms with Crippen LogP contribution in [0.5, 0.6) is 0 Å². The van der Waals surface area contributed by atoms with E-state index in [1.165, 1.54) is 11.3 Å². The predicted octanol–water partition coefficient (Wildman–Crippen LogP) is 4.32. The Morgan fingerprint density at radius 3 is 2.37 bits per heavy atom. The summed E-state index contributed by atoms with van der Waals surface area (Å²) in [5.41, 5.74) is 0.290. The predicted molar refractivity (Wildman–Crippen MR) is 138 cm³/mol. The fourth-order valence-corrected chi connectivity index (χ4v) is 5.27.